The topological polar surface area (TPSA) is 106 Å². The van der Waals surface area contributed by atoms with Crippen LogP contribution in [0.3, 0.4) is 0 Å². The molecular weight excluding hydrogens is 398 g/mol. The molecular formula is C23H19N3O5. The largest absolute Gasteiger partial charge is 0.508 e. The summed E-state index contributed by atoms with van der Waals surface area (Å²) in [5.74, 6) is 1.04. The van der Waals surface area contributed by atoms with Crippen molar-refractivity contribution in [3.05, 3.63) is 78.0 Å². The number of ether oxygens (including phenoxy) is 2. The molecule has 0 saturated heterocycles. The van der Waals surface area contributed by atoms with E-state index in [1.807, 2.05) is 0 Å². The van der Waals surface area contributed by atoms with Crippen LogP contribution in [0.15, 0.2) is 76.3 Å². The third-order valence-corrected chi connectivity index (χ3v) is 4.48. The molecule has 4 aromatic rings. The standard InChI is InChI=1S/C23H19N3O5/c1-29-18-9-7-15(12-20(18)30-2)25-23-17(22(28)26-21-5-3-4-10-24-21)11-14-6-8-16(27)13-19(14)31-23/h3-13,27H,1-2H3,(H,24,26,28). The first-order valence-electron chi connectivity index (χ1n) is 9.33. The summed E-state index contributed by atoms with van der Waals surface area (Å²) in [5, 5.41) is 13.2. The van der Waals surface area contributed by atoms with Crippen molar-refractivity contribution in [1.29, 1.82) is 0 Å². The van der Waals surface area contributed by atoms with Gasteiger partial charge in [-0.25, -0.2) is 9.98 Å². The molecule has 0 aliphatic heterocycles. The normalized spacial score (nSPS) is 11.4. The van der Waals surface area contributed by atoms with Gasteiger partial charge in [-0.2, -0.15) is 0 Å². The van der Waals surface area contributed by atoms with Gasteiger partial charge in [-0.05, 0) is 42.5 Å². The molecule has 0 atom stereocenters. The molecule has 0 fully saturated rings. The van der Waals surface area contributed by atoms with Crippen molar-refractivity contribution >= 4 is 28.4 Å². The van der Waals surface area contributed by atoms with Crippen LogP contribution in [0.2, 0.25) is 0 Å². The van der Waals surface area contributed by atoms with E-state index in [4.69, 9.17) is 13.9 Å². The first-order valence-corrected chi connectivity index (χ1v) is 9.33. The maximum Gasteiger partial charge on any atom is 0.262 e. The Bertz CT molecular complexity index is 1320. The number of pyridine rings is 1. The Balaban J connectivity index is 1.86. The second-order valence-electron chi connectivity index (χ2n) is 6.51. The van der Waals surface area contributed by atoms with Gasteiger partial charge in [-0.1, -0.05) is 6.07 Å². The predicted octanol–water partition coefficient (Wildman–Crippen LogP) is 4.04. The number of carbonyl (C=O) groups is 1. The molecule has 2 aromatic carbocycles. The van der Waals surface area contributed by atoms with E-state index < -0.39 is 5.91 Å². The van der Waals surface area contributed by atoms with Crippen molar-refractivity contribution < 1.29 is 23.8 Å². The van der Waals surface area contributed by atoms with Gasteiger partial charge in [0.2, 0.25) is 5.55 Å². The minimum atomic E-state index is -0.434. The fourth-order valence-corrected chi connectivity index (χ4v) is 2.98. The van der Waals surface area contributed by atoms with Crippen LogP contribution in [0.1, 0.15) is 10.4 Å². The number of fused-ring (bicyclic) bond motifs is 1. The molecule has 156 valence electrons. The highest BCUT2D eigenvalue weighted by molar-refractivity contribution is 6.05. The Morgan fingerprint density at radius 3 is 2.61 bits per heavy atom. The van der Waals surface area contributed by atoms with Crippen LogP contribution in [0.25, 0.3) is 11.0 Å². The number of hydrogen-bond acceptors (Lipinski definition) is 7. The van der Waals surface area contributed by atoms with E-state index in [-0.39, 0.29) is 16.9 Å². The van der Waals surface area contributed by atoms with Gasteiger partial charge >= 0.3 is 0 Å². The quantitative estimate of drug-likeness (QED) is 0.508. The highest BCUT2D eigenvalue weighted by Gasteiger charge is 2.14. The van der Waals surface area contributed by atoms with Crippen LogP contribution in [0, 0.1) is 0 Å². The first kappa shape index (κ1) is 20.0. The van der Waals surface area contributed by atoms with Crippen LogP contribution in [-0.2, 0) is 0 Å². The fourth-order valence-electron chi connectivity index (χ4n) is 2.98. The number of nitrogens with one attached hydrogen (secondary N) is 1. The van der Waals surface area contributed by atoms with Gasteiger partial charge in [0.15, 0.2) is 11.5 Å². The van der Waals surface area contributed by atoms with Crippen LogP contribution in [0.5, 0.6) is 17.2 Å². The monoisotopic (exact) mass is 417 g/mol. The first-order chi connectivity index (χ1) is 15.1. The molecule has 0 aliphatic rings. The molecule has 1 amide bonds. The van der Waals surface area contributed by atoms with E-state index in [0.29, 0.717) is 34.0 Å². The lowest BCUT2D eigenvalue weighted by atomic mass is 10.1. The van der Waals surface area contributed by atoms with E-state index in [2.05, 4.69) is 15.3 Å². The molecule has 4 rings (SSSR count). The molecule has 8 nitrogen and oxygen atoms in total. The van der Waals surface area contributed by atoms with Gasteiger partial charge in [0.1, 0.15) is 22.7 Å². The molecule has 0 unspecified atom stereocenters. The lowest BCUT2D eigenvalue weighted by Gasteiger charge is -2.08. The van der Waals surface area contributed by atoms with Crippen molar-refractivity contribution in [1.82, 2.24) is 4.98 Å². The molecule has 8 heteroatoms. The molecule has 2 heterocycles. The average Bonchev–Trinajstić information content (AvgIpc) is 2.79. The highest BCUT2D eigenvalue weighted by atomic mass is 16.5. The minimum absolute atomic E-state index is 0.0407. The summed E-state index contributed by atoms with van der Waals surface area (Å²) in [6.07, 6.45) is 1.58. The number of phenols is 1. The summed E-state index contributed by atoms with van der Waals surface area (Å²) in [6, 6.07) is 16.6. The molecule has 0 spiro atoms. The Labute approximate surface area is 177 Å². The van der Waals surface area contributed by atoms with E-state index in [1.54, 1.807) is 61.8 Å². The zero-order valence-electron chi connectivity index (χ0n) is 16.8. The summed E-state index contributed by atoms with van der Waals surface area (Å²) in [4.78, 5) is 21.6. The van der Waals surface area contributed by atoms with E-state index in [0.717, 1.165) is 0 Å². The van der Waals surface area contributed by atoms with Gasteiger partial charge < -0.3 is 24.3 Å². The predicted molar refractivity (Wildman–Crippen MR) is 115 cm³/mol. The van der Waals surface area contributed by atoms with E-state index in [9.17, 15) is 9.90 Å². The minimum Gasteiger partial charge on any atom is -0.508 e. The Morgan fingerprint density at radius 2 is 1.87 bits per heavy atom. The van der Waals surface area contributed by atoms with Crippen molar-refractivity contribution in [3.63, 3.8) is 0 Å². The van der Waals surface area contributed by atoms with Crippen molar-refractivity contribution in [2.45, 2.75) is 0 Å². The zero-order chi connectivity index (χ0) is 21.8. The van der Waals surface area contributed by atoms with Crippen molar-refractivity contribution in [2.24, 2.45) is 4.99 Å². The van der Waals surface area contributed by atoms with Crippen LogP contribution < -0.4 is 20.3 Å². The molecule has 31 heavy (non-hydrogen) atoms. The second kappa shape index (κ2) is 8.58. The number of rotatable bonds is 5. The zero-order valence-corrected chi connectivity index (χ0v) is 16.8. The number of nitrogens with zero attached hydrogens (tertiary/aromatic N) is 2. The molecule has 2 N–H and O–H groups in total. The SMILES string of the molecule is COc1ccc(N=c2oc3cc(O)ccc3cc2C(=O)Nc2ccccn2)cc1OC. The number of benzene rings is 2. The number of aromatic hydroxyl groups is 1. The summed E-state index contributed by atoms with van der Waals surface area (Å²) in [6.45, 7) is 0. The molecule has 2 aromatic heterocycles. The summed E-state index contributed by atoms with van der Waals surface area (Å²) in [5.41, 5.74) is 1.15. The number of anilines is 1. The number of carbonyl (C=O) groups excluding carboxylic acids is 1. The molecule has 0 saturated carbocycles. The van der Waals surface area contributed by atoms with Crippen molar-refractivity contribution in [2.75, 3.05) is 19.5 Å². The number of hydrogen-bond donors (Lipinski definition) is 2. The van der Waals surface area contributed by atoms with Gasteiger partial charge in [0.05, 0.1) is 19.9 Å². The summed E-state index contributed by atoms with van der Waals surface area (Å²) >= 11 is 0. The third-order valence-electron chi connectivity index (χ3n) is 4.48. The lowest BCUT2D eigenvalue weighted by Crippen LogP contribution is -2.22. The van der Waals surface area contributed by atoms with Crippen LogP contribution in [-0.4, -0.2) is 30.2 Å². The molecule has 0 aliphatic carbocycles. The maximum absolute atomic E-state index is 13.0. The fraction of sp³-hybridized carbons (Fsp3) is 0.0870. The van der Waals surface area contributed by atoms with Crippen molar-refractivity contribution in [3.8, 4) is 17.2 Å². The van der Waals surface area contributed by atoms with Gasteiger partial charge in [0, 0.05) is 23.7 Å². The maximum atomic E-state index is 13.0. The average molecular weight is 417 g/mol. The van der Waals surface area contributed by atoms with Gasteiger partial charge in [-0.15, -0.1) is 0 Å². The van der Waals surface area contributed by atoms with Crippen LogP contribution >= 0.6 is 0 Å². The second-order valence-corrected chi connectivity index (χ2v) is 6.51. The Kier molecular flexibility index (Phi) is 5.53. The van der Waals surface area contributed by atoms with Crippen LogP contribution in [0.4, 0.5) is 11.5 Å². The number of phenolic OH excluding ortho intramolecular Hbond substituents is 1. The van der Waals surface area contributed by atoms with Gasteiger partial charge in [-0.3, -0.25) is 4.79 Å². The molecule has 0 radical (unpaired) electrons. The number of aromatic nitrogens is 1. The van der Waals surface area contributed by atoms with E-state index in [1.165, 1.54) is 19.2 Å². The number of amides is 1. The summed E-state index contributed by atoms with van der Waals surface area (Å²) in [7, 11) is 3.07. The Hall–Kier alpha value is -4.33. The Morgan fingerprint density at radius 1 is 1.03 bits per heavy atom. The third kappa shape index (κ3) is 4.32. The number of methoxy groups -OCH3 is 2. The highest BCUT2D eigenvalue weighted by Crippen LogP contribution is 2.31. The smallest absolute Gasteiger partial charge is 0.262 e. The summed E-state index contributed by atoms with van der Waals surface area (Å²) < 4.78 is 16.5. The lowest BCUT2D eigenvalue weighted by molar-refractivity contribution is 0.102. The van der Waals surface area contributed by atoms with E-state index >= 15 is 0 Å². The van der Waals surface area contributed by atoms with Gasteiger partial charge in [0.25, 0.3) is 5.91 Å². The molecule has 0 bridgehead atoms.